The summed E-state index contributed by atoms with van der Waals surface area (Å²) in [5.74, 6) is 0.275. The van der Waals surface area contributed by atoms with Crippen LogP contribution in [0, 0.1) is 0 Å². The topological polar surface area (TPSA) is 44.8 Å². The lowest BCUT2D eigenvalue weighted by Gasteiger charge is -2.38. The molecule has 5 heteroatoms. The highest BCUT2D eigenvalue weighted by Crippen LogP contribution is 2.13. The van der Waals surface area contributed by atoms with Crippen LogP contribution in [0.25, 0.3) is 0 Å². The summed E-state index contributed by atoms with van der Waals surface area (Å²) in [6, 6.07) is 0.448. The Hall–Kier alpha value is -0.650. The molecule has 0 saturated carbocycles. The van der Waals surface area contributed by atoms with E-state index in [0.717, 1.165) is 45.8 Å². The average Bonchev–Trinajstić information content (AvgIpc) is 2.46. The molecule has 18 heavy (non-hydrogen) atoms. The standard InChI is InChI=1S/C13H25N3O2/c1-11(15-6-8-18-9-7-15)13(17)16-5-3-4-12(10-16)14-2/h11-12,14H,3-10H2,1-2H3. The molecule has 2 saturated heterocycles. The molecule has 0 bridgehead atoms. The van der Waals surface area contributed by atoms with E-state index in [-0.39, 0.29) is 11.9 Å². The molecule has 104 valence electrons. The largest absolute Gasteiger partial charge is 0.379 e. The molecule has 2 heterocycles. The number of morpholine rings is 1. The van der Waals surface area contributed by atoms with E-state index in [1.807, 2.05) is 18.9 Å². The average molecular weight is 255 g/mol. The van der Waals surface area contributed by atoms with Crippen molar-refractivity contribution in [2.75, 3.05) is 46.4 Å². The minimum Gasteiger partial charge on any atom is -0.379 e. The fourth-order valence-electron chi connectivity index (χ4n) is 2.80. The molecule has 2 aliphatic rings. The molecule has 0 spiro atoms. The van der Waals surface area contributed by atoms with Crippen LogP contribution in [0.2, 0.25) is 0 Å². The summed E-state index contributed by atoms with van der Waals surface area (Å²) >= 11 is 0. The fraction of sp³-hybridized carbons (Fsp3) is 0.923. The van der Waals surface area contributed by atoms with Gasteiger partial charge in [-0.15, -0.1) is 0 Å². The third-order valence-corrected chi connectivity index (χ3v) is 4.09. The van der Waals surface area contributed by atoms with Gasteiger partial charge in [-0.1, -0.05) is 0 Å². The van der Waals surface area contributed by atoms with Crippen LogP contribution in [0.4, 0.5) is 0 Å². The molecule has 0 aromatic rings. The Balaban J connectivity index is 1.88. The van der Waals surface area contributed by atoms with Crippen molar-refractivity contribution < 1.29 is 9.53 Å². The van der Waals surface area contributed by atoms with E-state index < -0.39 is 0 Å². The fourth-order valence-corrected chi connectivity index (χ4v) is 2.80. The van der Waals surface area contributed by atoms with Gasteiger partial charge < -0.3 is 15.0 Å². The van der Waals surface area contributed by atoms with Crippen molar-refractivity contribution >= 4 is 5.91 Å². The number of hydrogen-bond donors (Lipinski definition) is 1. The number of rotatable bonds is 3. The number of ether oxygens (including phenoxy) is 1. The Bertz CT molecular complexity index is 275. The molecule has 0 radical (unpaired) electrons. The van der Waals surface area contributed by atoms with Crippen LogP contribution in [0.3, 0.4) is 0 Å². The Kier molecular flexibility index (Phi) is 4.97. The first-order chi connectivity index (χ1) is 8.72. The molecule has 2 aliphatic heterocycles. The van der Waals surface area contributed by atoms with Crippen molar-refractivity contribution in [3.63, 3.8) is 0 Å². The number of nitrogens with zero attached hydrogens (tertiary/aromatic N) is 2. The maximum atomic E-state index is 12.5. The van der Waals surface area contributed by atoms with Gasteiger partial charge in [0.25, 0.3) is 0 Å². The van der Waals surface area contributed by atoms with Crippen LogP contribution < -0.4 is 5.32 Å². The number of carbonyl (C=O) groups is 1. The van der Waals surface area contributed by atoms with E-state index in [4.69, 9.17) is 4.74 Å². The lowest BCUT2D eigenvalue weighted by Crippen LogP contribution is -2.54. The minimum atomic E-state index is -0.00972. The van der Waals surface area contributed by atoms with Crippen molar-refractivity contribution in [2.24, 2.45) is 0 Å². The highest BCUT2D eigenvalue weighted by atomic mass is 16.5. The third kappa shape index (κ3) is 3.22. The van der Waals surface area contributed by atoms with E-state index in [9.17, 15) is 4.79 Å². The predicted octanol–water partition coefficient (Wildman–Crippen LogP) is -0.0825. The van der Waals surface area contributed by atoms with E-state index in [1.54, 1.807) is 0 Å². The Morgan fingerprint density at radius 2 is 2.06 bits per heavy atom. The van der Waals surface area contributed by atoms with Crippen molar-refractivity contribution in [3.05, 3.63) is 0 Å². The molecule has 0 aromatic heterocycles. The van der Waals surface area contributed by atoms with Crippen LogP contribution in [-0.2, 0) is 9.53 Å². The second-order valence-corrected chi connectivity index (χ2v) is 5.24. The molecule has 2 atom stereocenters. The van der Waals surface area contributed by atoms with Crippen LogP contribution in [0.15, 0.2) is 0 Å². The van der Waals surface area contributed by atoms with E-state index in [2.05, 4.69) is 10.2 Å². The second-order valence-electron chi connectivity index (χ2n) is 5.24. The van der Waals surface area contributed by atoms with Gasteiger partial charge in [0.2, 0.25) is 5.91 Å². The van der Waals surface area contributed by atoms with Gasteiger partial charge in [0.15, 0.2) is 0 Å². The number of amides is 1. The summed E-state index contributed by atoms with van der Waals surface area (Å²) in [5, 5.41) is 3.28. The lowest BCUT2D eigenvalue weighted by molar-refractivity contribution is -0.139. The highest BCUT2D eigenvalue weighted by molar-refractivity contribution is 5.81. The summed E-state index contributed by atoms with van der Waals surface area (Å²) in [6.45, 7) is 7.02. The molecule has 1 N–H and O–H groups in total. The smallest absolute Gasteiger partial charge is 0.239 e. The zero-order valence-corrected chi connectivity index (χ0v) is 11.5. The third-order valence-electron chi connectivity index (χ3n) is 4.09. The van der Waals surface area contributed by atoms with Gasteiger partial charge in [-0.05, 0) is 26.8 Å². The molecule has 5 nitrogen and oxygen atoms in total. The quantitative estimate of drug-likeness (QED) is 0.766. The van der Waals surface area contributed by atoms with Gasteiger partial charge in [0.1, 0.15) is 0 Å². The van der Waals surface area contributed by atoms with Crippen LogP contribution >= 0.6 is 0 Å². The molecule has 0 aliphatic carbocycles. The Morgan fingerprint density at radius 1 is 1.33 bits per heavy atom. The van der Waals surface area contributed by atoms with Gasteiger partial charge in [0, 0.05) is 32.2 Å². The van der Waals surface area contributed by atoms with Crippen LogP contribution in [0.1, 0.15) is 19.8 Å². The molecule has 1 amide bonds. The maximum absolute atomic E-state index is 12.5. The first-order valence-electron chi connectivity index (χ1n) is 7.00. The van der Waals surface area contributed by atoms with Gasteiger partial charge in [-0.3, -0.25) is 9.69 Å². The number of carbonyl (C=O) groups excluding carboxylic acids is 1. The highest BCUT2D eigenvalue weighted by Gasteiger charge is 2.29. The first-order valence-corrected chi connectivity index (χ1v) is 7.00. The number of piperidine rings is 1. The van der Waals surface area contributed by atoms with Gasteiger partial charge in [0.05, 0.1) is 19.3 Å². The molecule has 0 aromatic carbocycles. The van der Waals surface area contributed by atoms with Gasteiger partial charge in [-0.2, -0.15) is 0 Å². The molecular formula is C13H25N3O2. The summed E-state index contributed by atoms with van der Waals surface area (Å²) < 4.78 is 5.33. The van der Waals surface area contributed by atoms with Gasteiger partial charge in [-0.25, -0.2) is 0 Å². The second kappa shape index (κ2) is 6.50. The van der Waals surface area contributed by atoms with Crippen molar-refractivity contribution in [1.29, 1.82) is 0 Å². The van der Waals surface area contributed by atoms with Crippen molar-refractivity contribution in [2.45, 2.75) is 31.8 Å². The SMILES string of the molecule is CNC1CCCN(C(=O)C(C)N2CCOCC2)C1. The molecule has 2 fully saturated rings. The molecule has 2 unspecified atom stereocenters. The molecule has 2 rings (SSSR count). The number of likely N-dealkylation sites (N-methyl/N-ethyl adjacent to an activating group) is 1. The van der Waals surface area contributed by atoms with E-state index in [0.29, 0.717) is 6.04 Å². The summed E-state index contributed by atoms with van der Waals surface area (Å²) in [7, 11) is 1.98. The zero-order chi connectivity index (χ0) is 13.0. The zero-order valence-electron chi connectivity index (χ0n) is 11.5. The van der Waals surface area contributed by atoms with Crippen LogP contribution in [-0.4, -0.2) is 74.2 Å². The van der Waals surface area contributed by atoms with Crippen LogP contribution in [0.5, 0.6) is 0 Å². The molecular weight excluding hydrogens is 230 g/mol. The summed E-state index contributed by atoms with van der Waals surface area (Å²) in [4.78, 5) is 16.7. The number of likely N-dealkylation sites (tertiary alicyclic amines) is 1. The van der Waals surface area contributed by atoms with E-state index in [1.165, 1.54) is 6.42 Å². The Labute approximate surface area is 109 Å². The first kappa shape index (κ1) is 13.8. The number of nitrogens with one attached hydrogen (secondary N) is 1. The van der Waals surface area contributed by atoms with E-state index >= 15 is 0 Å². The maximum Gasteiger partial charge on any atom is 0.239 e. The monoisotopic (exact) mass is 255 g/mol. The minimum absolute atomic E-state index is 0.00972. The van der Waals surface area contributed by atoms with Crippen molar-refractivity contribution in [3.8, 4) is 0 Å². The van der Waals surface area contributed by atoms with Crippen molar-refractivity contribution in [1.82, 2.24) is 15.1 Å². The summed E-state index contributed by atoms with van der Waals surface area (Å²) in [6.07, 6.45) is 2.28. The van der Waals surface area contributed by atoms with Gasteiger partial charge >= 0.3 is 0 Å². The predicted molar refractivity (Wildman–Crippen MR) is 70.5 cm³/mol. The lowest BCUT2D eigenvalue weighted by atomic mass is 10.0. The normalized spacial score (nSPS) is 28.1. The summed E-state index contributed by atoms with van der Waals surface area (Å²) in [5.41, 5.74) is 0. The number of hydrogen-bond acceptors (Lipinski definition) is 4. The Morgan fingerprint density at radius 3 is 2.72 bits per heavy atom.